The number of halogens is 1. The minimum absolute atomic E-state index is 0.314. The van der Waals surface area contributed by atoms with Crippen LogP contribution in [-0.4, -0.2) is 26.3 Å². The molecule has 0 N–H and O–H groups in total. The number of benzene rings is 1. The van der Waals surface area contributed by atoms with Crippen molar-refractivity contribution in [3.8, 4) is 11.5 Å². The average Bonchev–Trinajstić information content (AvgIpc) is 2.47. The Balaban J connectivity index is 2.23. The van der Waals surface area contributed by atoms with Gasteiger partial charge in [0.2, 0.25) is 0 Å². The van der Waals surface area contributed by atoms with E-state index in [1.807, 2.05) is 12.1 Å². The molecule has 0 unspecified atom stereocenters. The van der Waals surface area contributed by atoms with Gasteiger partial charge in [-0.2, -0.15) is 0 Å². The number of nitrogens with zero attached hydrogens (tertiary/aromatic N) is 2. The summed E-state index contributed by atoms with van der Waals surface area (Å²) in [4.78, 5) is 5.79. The Morgan fingerprint density at radius 1 is 1.15 bits per heavy atom. The highest BCUT2D eigenvalue weighted by atomic mass is 19.1. The fourth-order valence-corrected chi connectivity index (χ4v) is 1.96. The van der Waals surface area contributed by atoms with E-state index in [0.29, 0.717) is 23.9 Å². The Bertz CT molecular complexity index is 568. The quantitative estimate of drug-likeness (QED) is 0.841. The number of anilines is 1. The first-order valence-corrected chi connectivity index (χ1v) is 6.17. The summed E-state index contributed by atoms with van der Waals surface area (Å²) in [6.07, 6.45) is 1.57. The second-order valence-corrected chi connectivity index (χ2v) is 4.39. The minimum Gasteiger partial charge on any atom is -0.497 e. The number of hydrogen-bond acceptors (Lipinski definition) is 4. The molecule has 2 rings (SSSR count). The van der Waals surface area contributed by atoms with Gasteiger partial charge in [-0.1, -0.05) is 0 Å². The highest BCUT2D eigenvalue weighted by Gasteiger charge is 2.10. The lowest BCUT2D eigenvalue weighted by Crippen LogP contribution is -2.19. The molecule has 5 heteroatoms. The lowest BCUT2D eigenvalue weighted by Gasteiger charge is -2.19. The van der Waals surface area contributed by atoms with Crippen LogP contribution in [0.1, 0.15) is 5.56 Å². The summed E-state index contributed by atoms with van der Waals surface area (Å²) in [5, 5.41) is 0. The smallest absolute Gasteiger partial charge is 0.165 e. The van der Waals surface area contributed by atoms with Crippen molar-refractivity contribution in [2.45, 2.75) is 6.54 Å². The summed E-state index contributed by atoms with van der Waals surface area (Å²) in [6, 6.07) is 8.54. The van der Waals surface area contributed by atoms with Crippen LogP contribution in [0.4, 0.5) is 10.2 Å². The molecule has 1 aromatic carbocycles. The first-order chi connectivity index (χ1) is 9.63. The summed E-state index contributed by atoms with van der Waals surface area (Å²) < 4.78 is 24.1. The third kappa shape index (κ3) is 3.17. The summed E-state index contributed by atoms with van der Waals surface area (Å²) in [5.74, 6) is 1.38. The maximum atomic E-state index is 13.7. The Hall–Kier alpha value is -2.30. The van der Waals surface area contributed by atoms with Crippen LogP contribution in [-0.2, 0) is 6.54 Å². The predicted molar refractivity (Wildman–Crippen MR) is 75.8 cm³/mol. The molecule has 0 saturated carbocycles. The van der Waals surface area contributed by atoms with Crippen LogP contribution >= 0.6 is 0 Å². The molecule has 106 valence electrons. The fraction of sp³-hybridized carbons (Fsp3) is 0.267. The van der Waals surface area contributed by atoms with Gasteiger partial charge in [0.25, 0.3) is 0 Å². The van der Waals surface area contributed by atoms with Gasteiger partial charge in [-0.25, -0.2) is 9.37 Å². The van der Waals surface area contributed by atoms with E-state index in [1.165, 1.54) is 6.07 Å². The van der Waals surface area contributed by atoms with Crippen LogP contribution in [0.2, 0.25) is 0 Å². The Labute approximate surface area is 117 Å². The van der Waals surface area contributed by atoms with Crippen molar-refractivity contribution in [3.05, 3.63) is 47.9 Å². The van der Waals surface area contributed by atoms with Crippen LogP contribution < -0.4 is 14.4 Å². The molecule has 0 aliphatic carbocycles. The number of pyridine rings is 1. The van der Waals surface area contributed by atoms with Crippen molar-refractivity contribution in [1.29, 1.82) is 0 Å². The van der Waals surface area contributed by atoms with Gasteiger partial charge in [-0.3, -0.25) is 0 Å². The SMILES string of the molecule is COc1cc(CN(C)c2ncccc2F)cc(OC)c1. The minimum atomic E-state index is -0.343. The molecule has 1 aromatic heterocycles. The van der Waals surface area contributed by atoms with E-state index < -0.39 is 0 Å². The number of methoxy groups -OCH3 is 2. The van der Waals surface area contributed by atoms with Gasteiger partial charge in [0.15, 0.2) is 11.6 Å². The molecule has 0 radical (unpaired) electrons. The summed E-state index contributed by atoms with van der Waals surface area (Å²) in [7, 11) is 4.98. The second-order valence-electron chi connectivity index (χ2n) is 4.39. The molecule has 0 aliphatic heterocycles. The van der Waals surface area contributed by atoms with Crippen LogP contribution in [0.25, 0.3) is 0 Å². The summed E-state index contributed by atoms with van der Waals surface area (Å²) in [6.45, 7) is 0.501. The van der Waals surface area contributed by atoms with Gasteiger partial charge in [0.05, 0.1) is 14.2 Å². The molecule has 0 amide bonds. The molecule has 1 heterocycles. The monoisotopic (exact) mass is 276 g/mol. The highest BCUT2D eigenvalue weighted by molar-refractivity contribution is 5.43. The Morgan fingerprint density at radius 3 is 2.35 bits per heavy atom. The third-order valence-corrected chi connectivity index (χ3v) is 2.93. The molecule has 2 aromatic rings. The number of aromatic nitrogens is 1. The van der Waals surface area contributed by atoms with E-state index in [-0.39, 0.29) is 5.82 Å². The third-order valence-electron chi connectivity index (χ3n) is 2.93. The number of rotatable bonds is 5. The first-order valence-electron chi connectivity index (χ1n) is 6.17. The number of ether oxygens (including phenoxy) is 2. The van der Waals surface area contributed by atoms with E-state index in [9.17, 15) is 4.39 Å². The Kier molecular flexibility index (Phi) is 4.40. The summed E-state index contributed by atoms with van der Waals surface area (Å²) >= 11 is 0. The molecule has 20 heavy (non-hydrogen) atoms. The van der Waals surface area contributed by atoms with E-state index in [4.69, 9.17) is 9.47 Å². The summed E-state index contributed by atoms with van der Waals surface area (Å²) in [5.41, 5.74) is 0.953. The lowest BCUT2D eigenvalue weighted by atomic mass is 10.2. The zero-order valence-corrected chi connectivity index (χ0v) is 11.8. The van der Waals surface area contributed by atoms with E-state index in [1.54, 1.807) is 44.5 Å². The van der Waals surface area contributed by atoms with E-state index in [2.05, 4.69) is 4.98 Å². The lowest BCUT2D eigenvalue weighted by molar-refractivity contribution is 0.393. The van der Waals surface area contributed by atoms with Crippen LogP contribution in [0.15, 0.2) is 36.5 Å². The van der Waals surface area contributed by atoms with Gasteiger partial charge in [-0.15, -0.1) is 0 Å². The maximum Gasteiger partial charge on any atom is 0.165 e. The molecular weight excluding hydrogens is 259 g/mol. The van der Waals surface area contributed by atoms with Gasteiger partial charge in [0.1, 0.15) is 11.5 Å². The van der Waals surface area contributed by atoms with E-state index in [0.717, 1.165) is 5.56 Å². The van der Waals surface area contributed by atoms with Gasteiger partial charge in [0, 0.05) is 25.9 Å². The molecule has 0 saturated heterocycles. The first kappa shape index (κ1) is 14.1. The van der Waals surface area contributed by atoms with Crippen LogP contribution in [0, 0.1) is 5.82 Å². The predicted octanol–water partition coefficient (Wildman–Crippen LogP) is 2.87. The normalized spacial score (nSPS) is 10.2. The maximum absolute atomic E-state index is 13.7. The molecule has 4 nitrogen and oxygen atoms in total. The van der Waals surface area contributed by atoms with Gasteiger partial charge >= 0.3 is 0 Å². The number of hydrogen-bond donors (Lipinski definition) is 0. The average molecular weight is 276 g/mol. The van der Waals surface area contributed by atoms with Crippen molar-refractivity contribution in [3.63, 3.8) is 0 Å². The second kappa shape index (κ2) is 6.23. The highest BCUT2D eigenvalue weighted by Crippen LogP contribution is 2.24. The topological polar surface area (TPSA) is 34.6 Å². The molecule has 0 aliphatic rings. The van der Waals surface area contributed by atoms with Crippen molar-refractivity contribution >= 4 is 5.82 Å². The van der Waals surface area contributed by atoms with Crippen LogP contribution in [0.5, 0.6) is 11.5 Å². The molecule has 0 bridgehead atoms. The van der Waals surface area contributed by atoms with Gasteiger partial charge in [-0.05, 0) is 29.8 Å². The fourth-order valence-electron chi connectivity index (χ4n) is 1.96. The van der Waals surface area contributed by atoms with Crippen molar-refractivity contribution in [2.24, 2.45) is 0 Å². The molecular formula is C15H17FN2O2. The van der Waals surface area contributed by atoms with Gasteiger partial charge < -0.3 is 14.4 Å². The van der Waals surface area contributed by atoms with E-state index >= 15 is 0 Å². The zero-order valence-electron chi connectivity index (χ0n) is 11.8. The molecule has 0 atom stereocenters. The zero-order chi connectivity index (χ0) is 14.5. The largest absolute Gasteiger partial charge is 0.497 e. The standard InChI is InChI=1S/C15H17FN2O2/c1-18(15-14(16)5-4-6-17-15)10-11-7-12(19-2)9-13(8-11)20-3/h4-9H,10H2,1-3H3. The van der Waals surface area contributed by atoms with Crippen molar-refractivity contribution in [2.75, 3.05) is 26.2 Å². The van der Waals surface area contributed by atoms with Crippen LogP contribution in [0.3, 0.4) is 0 Å². The molecule has 0 fully saturated rings. The Morgan fingerprint density at radius 2 is 1.80 bits per heavy atom. The van der Waals surface area contributed by atoms with Crippen molar-refractivity contribution < 1.29 is 13.9 Å². The van der Waals surface area contributed by atoms with Crippen molar-refractivity contribution in [1.82, 2.24) is 4.98 Å². The molecule has 0 spiro atoms.